The van der Waals surface area contributed by atoms with Crippen molar-refractivity contribution in [2.75, 3.05) is 6.61 Å². The summed E-state index contributed by atoms with van der Waals surface area (Å²) in [7, 11) is 0. The highest BCUT2D eigenvalue weighted by Gasteiger charge is 2.27. The summed E-state index contributed by atoms with van der Waals surface area (Å²) in [5, 5.41) is 7.67. The predicted molar refractivity (Wildman–Crippen MR) is 98.4 cm³/mol. The van der Waals surface area contributed by atoms with Gasteiger partial charge < -0.3 is 14.6 Å². The second-order valence-corrected chi connectivity index (χ2v) is 6.55. The summed E-state index contributed by atoms with van der Waals surface area (Å²) in [6.45, 7) is 2.28. The summed E-state index contributed by atoms with van der Waals surface area (Å²) in [5.74, 6) is 1.02. The average molecular weight is 369 g/mol. The van der Waals surface area contributed by atoms with Crippen LogP contribution in [0, 0.1) is 6.92 Å². The molecule has 5 nitrogen and oxygen atoms in total. The van der Waals surface area contributed by atoms with Gasteiger partial charge in [-0.3, -0.25) is 4.79 Å². The maximum atomic E-state index is 13.0. The van der Waals surface area contributed by atoms with Gasteiger partial charge in [0.05, 0.1) is 17.7 Å². The number of halogens is 1. The third-order valence-electron chi connectivity index (χ3n) is 4.48. The van der Waals surface area contributed by atoms with Gasteiger partial charge in [-0.05, 0) is 19.1 Å². The first-order valence-corrected chi connectivity index (χ1v) is 8.76. The fourth-order valence-corrected chi connectivity index (χ4v) is 3.42. The van der Waals surface area contributed by atoms with Crippen LogP contribution in [0.1, 0.15) is 34.1 Å². The first-order valence-electron chi connectivity index (χ1n) is 8.39. The Kier molecular flexibility index (Phi) is 4.39. The number of hydrogen-bond donors (Lipinski definition) is 1. The number of amides is 1. The Bertz CT molecular complexity index is 967. The summed E-state index contributed by atoms with van der Waals surface area (Å²) >= 11 is 6.27. The van der Waals surface area contributed by atoms with Crippen molar-refractivity contribution in [3.63, 3.8) is 0 Å². The normalized spacial score (nSPS) is 15.8. The monoisotopic (exact) mass is 368 g/mol. The number of carbonyl (C=O) groups excluding carboxylic acids is 1. The molecular weight excluding hydrogens is 352 g/mol. The molecule has 1 atom stereocenters. The zero-order chi connectivity index (χ0) is 18.1. The molecule has 0 radical (unpaired) electrons. The van der Waals surface area contributed by atoms with E-state index >= 15 is 0 Å². The maximum absolute atomic E-state index is 13.0. The van der Waals surface area contributed by atoms with Crippen molar-refractivity contribution >= 4 is 17.5 Å². The first-order chi connectivity index (χ1) is 12.6. The lowest BCUT2D eigenvalue weighted by atomic mass is 9.99. The lowest BCUT2D eigenvalue weighted by molar-refractivity contribution is 0.0924. The van der Waals surface area contributed by atoms with Gasteiger partial charge in [-0.25, -0.2) is 0 Å². The van der Waals surface area contributed by atoms with Crippen molar-refractivity contribution in [3.8, 4) is 17.0 Å². The topological polar surface area (TPSA) is 64.4 Å². The van der Waals surface area contributed by atoms with Gasteiger partial charge >= 0.3 is 0 Å². The number of rotatable bonds is 3. The van der Waals surface area contributed by atoms with Crippen LogP contribution in [-0.2, 0) is 0 Å². The van der Waals surface area contributed by atoms with Crippen molar-refractivity contribution in [3.05, 3.63) is 70.4 Å². The van der Waals surface area contributed by atoms with Crippen molar-refractivity contribution in [1.82, 2.24) is 10.5 Å². The van der Waals surface area contributed by atoms with Gasteiger partial charge in [0.1, 0.15) is 22.8 Å². The zero-order valence-electron chi connectivity index (χ0n) is 14.2. The Labute approximate surface area is 155 Å². The Morgan fingerprint density at radius 3 is 2.81 bits per heavy atom. The van der Waals surface area contributed by atoms with Crippen LogP contribution in [0.2, 0.25) is 5.02 Å². The first kappa shape index (κ1) is 16.7. The molecule has 26 heavy (non-hydrogen) atoms. The minimum absolute atomic E-state index is 0.124. The van der Waals surface area contributed by atoms with Crippen molar-refractivity contribution in [2.24, 2.45) is 0 Å². The number of hydrogen-bond acceptors (Lipinski definition) is 4. The molecular formula is C20H17ClN2O3. The molecule has 0 spiro atoms. The SMILES string of the molecule is Cc1onc(-c2ccccc2Cl)c1C(=O)N[C@@H]1CCOc2ccccc21. The van der Waals surface area contributed by atoms with E-state index in [1.54, 1.807) is 13.0 Å². The standard InChI is InChI=1S/C20H17ClN2O3/c1-12-18(19(23-26-12)13-6-2-4-8-15(13)21)20(24)22-16-10-11-25-17-9-5-3-7-14(16)17/h2-9,16H,10-11H2,1H3,(H,22,24)/t16-/m1/s1. The van der Waals surface area contributed by atoms with Crippen LogP contribution in [0.25, 0.3) is 11.3 Å². The molecule has 1 aliphatic heterocycles. The minimum atomic E-state index is -0.236. The minimum Gasteiger partial charge on any atom is -0.493 e. The molecule has 0 unspecified atom stereocenters. The lowest BCUT2D eigenvalue weighted by Gasteiger charge is -2.26. The highest BCUT2D eigenvalue weighted by atomic mass is 35.5. The molecule has 1 N–H and O–H groups in total. The number of nitrogens with one attached hydrogen (secondary N) is 1. The molecule has 0 saturated heterocycles. The number of ether oxygens (including phenoxy) is 1. The second kappa shape index (κ2) is 6.84. The third-order valence-corrected chi connectivity index (χ3v) is 4.81. The van der Waals surface area contributed by atoms with E-state index in [0.717, 1.165) is 11.3 Å². The van der Waals surface area contributed by atoms with Gasteiger partial charge in [-0.15, -0.1) is 0 Å². The molecule has 0 saturated carbocycles. The summed E-state index contributed by atoms with van der Waals surface area (Å²) in [4.78, 5) is 13.0. The van der Waals surface area contributed by atoms with E-state index in [0.29, 0.717) is 40.6 Å². The molecule has 2 heterocycles. The molecule has 1 aliphatic rings. The number of fused-ring (bicyclic) bond motifs is 1. The van der Waals surface area contributed by atoms with Crippen LogP contribution in [0.15, 0.2) is 53.1 Å². The fraction of sp³-hybridized carbons (Fsp3) is 0.200. The van der Waals surface area contributed by atoms with Crippen LogP contribution in [-0.4, -0.2) is 17.7 Å². The molecule has 3 aromatic rings. The lowest BCUT2D eigenvalue weighted by Crippen LogP contribution is -2.32. The number of aromatic nitrogens is 1. The molecule has 2 aromatic carbocycles. The number of carbonyl (C=O) groups is 1. The molecule has 132 valence electrons. The summed E-state index contributed by atoms with van der Waals surface area (Å²) in [6, 6.07) is 14.9. The van der Waals surface area contributed by atoms with E-state index in [4.69, 9.17) is 20.9 Å². The summed E-state index contributed by atoms with van der Waals surface area (Å²) in [5.41, 5.74) is 2.50. The van der Waals surface area contributed by atoms with Gasteiger partial charge in [-0.2, -0.15) is 0 Å². The van der Waals surface area contributed by atoms with Crippen molar-refractivity contribution in [1.29, 1.82) is 0 Å². The molecule has 6 heteroatoms. The van der Waals surface area contributed by atoms with E-state index in [9.17, 15) is 4.79 Å². The Morgan fingerprint density at radius 1 is 1.19 bits per heavy atom. The van der Waals surface area contributed by atoms with Crippen LogP contribution in [0.5, 0.6) is 5.75 Å². The fourth-order valence-electron chi connectivity index (χ4n) is 3.20. The molecule has 1 aromatic heterocycles. The largest absolute Gasteiger partial charge is 0.493 e. The van der Waals surface area contributed by atoms with E-state index < -0.39 is 0 Å². The molecule has 4 rings (SSSR count). The van der Waals surface area contributed by atoms with Gasteiger partial charge in [0.25, 0.3) is 5.91 Å². The van der Waals surface area contributed by atoms with Gasteiger partial charge in [0, 0.05) is 17.5 Å². The predicted octanol–water partition coefficient (Wildman–Crippen LogP) is 4.56. The van der Waals surface area contributed by atoms with Crippen LogP contribution in [0.3, 0.4) is 0 Å². The van der Waals surface area contributed by atoms with Crippen molar-refractivity contribution in [2.45, 2.75) is 19.4 Å². The molecule has 1 amide bonds. The average Bonchev–Trinajstić information content (AvgIpc) is 3.04. The molecule has 0 bridgehead atoms. The Hall–Kier alpha value is -2.79. The number of aryl methyl sites for hydroxylation is 1. The van der Waals surface area contributed by atoms with Gasteiger partial charge in [0.2, 0.25) is 0 Å². The van der Waals surface area contributed by atoms with E-state index in [-0.39, 0.29) is 11.9 Å². The third kappa shape index (κ3) is 2.95. The maximum Gasteiger partial charge on any atom is 0.257 e. The summed E-state index contributed by atoms with van der Waals surface area (Å²) < 4.78 is 10.9. The summed E-state index contributed by atoms with van der Waals surface area (Å²) in [6.07, 6.45) is 0.703. The zero-order valence-corrected chi connectivity index (χ0v) is 14.9. The number of benzene rings is 2. The smallest absolute Gasteiger partial charge is 0.257 e. The molecule has 0 fully saturated rings. The van der Waals surface area contributed by atoms with Crippen LogP contribution < -0.4 is 10.1 Å². The molecule has 0 aliphatic carbocycles. The number of nitrogens with zero attached hydrogens (tertiary/aromatic N) is 1. The van der Waals surface area contributed by atoms with Crippen LogP contribution in [0.4, 0.5) is 0 Å². The highest BCUT2D eigenvalue weighted by molar-refractivity contribution is 6.33. The van der Waals surface area contributed by atoms with E-state index in [1.807, 2.05) is 42.5 Å². The van der Waals surface area contributed by atoms with E-state index in [1.165, 1.54) is 0 Å². The van der Waals surface area contributed by atoms with E-state index in [2.05, 4.69) is 10.5 Å². The van der Waals surface area contributed by atoms with Gasteiger partial charge in [0.15, 0.2) is 0 Å². The van der Waals surface area contributed by atoms with Gasteiger partial charge in [-0.1, -0.05) is 53.2 Å². The van der Waals surface area contributed by atoms with Crippen molar-refractivity contribution < 1.29 is 14.1 Å². The van der Waals surface area contributed by atoms with Crippen LogP contribution >= 0.6 is 11.6 Å². The highest BCUT2D eigenvalue weighted by Crippen LogP contribution is 2.34. The quantitative estimate of drug-likeness (QED) is 0.736. The number of para-hydroxylation sites is 1. The Morgan fingerprint density at radius 2 is 1.96 bits per heavy atom. The second-order valence-electron chi connectivity index (χ2n) is 6.14. The Balaban J connectivity index is 1.67.